The zero-order valence-electron chi connectivity index (χ0n) is 20.3. The summed E-state index contributed by atoms with van der Waals surface area (Å²) in [6, 6.07) is 7.81. The number of ketones is 1. The molecule has 4 fully saturated rings. The monoisotopic (exact) mass is 478 g/mol. The van der Waals surface area contributed by atoms with Crippen molar-refractivity contribution in [3.8, 4) is 0 Å². The standard InChI is InChI=1S/C29H35O4P/c1-18-13-15-33-29(18)14-12-26-24-10-6-20-16-21(30)7-11-23(20)27(24)25(17-28(26,29)2)19-4-8-22(9-5-19)34(3,31)32/h4-6,8-9,24-26H,1,7,10-17H2,2-3H3,(H,31,32)/t24-,25+,26-,28-,29+/m0/s1. The summed E-state index contributed by atoms with van der Waals surface area (Å²) in [4.78, 5) is 22.3. The first-order chi connectivity index (χ1) is 16.1. The van der Waals surface area contributed by atoms with Crippen LogP contribution in [0.3, 0.4) is 0 Å². The zero-order valence-corrected chi connectivity index (χ0v) is 21.2. The smallest absolute Gasteiger partial charge is 0.226 e. The van der Waals surface area contributed by atoms with Gasteiger partial charge in [0, 0.05) is 36.1 Å². The summed E-state index contributed by atoms with van der Waals surface area (Å²) in [5, 5.41) is 0.502. The molecule has 0 amide bonds. The number of carbonyl (C=O) groups is 1. The molecule has 0 radical (unpaired) electrons. The lowest BCUT2D eigenvalue weighted by atomic mass is 9.51. The normalized spacial score (nSPS) is 38.9. The van der Waals surface area contributed by atoms with E-state index >= 15 is 0 Å². The van der Waals surface area contributed by atoms with Gasteiger partial charge in [-0.1, -0.05) is 37.3 Å². The zero-order chi connectivity index (χ0) is 23.9. The molecule has 3 saturated carbocycles. The van der Waals surface area contributed by atoms with Crippen LogP contribution in [0.4, 0.5) is 0 Å². The fraction of sp³-hybridized carbons (Fsp3) is 0.552. The molecule has 1 heterocycles. The molecule has 180 valence electrons. The maximum absolute atomic E-state index is 12.3. The highest BCUT2D eigenvalue weighted by molar-refractivity contribution is 7.65. The summed E-state index contributed by atoms with van der Waals surface area (Å²) in [5.74, 6) is 1.59. The molecule has 1 aromatic carbocycles. The SMILES string of the molecule is C=C1CCO[C@]12CC[C@H]1[C@@H]3CC=C4CC(=O)CCC4=C3[C@@H](c3ccc(P(C)(=O)O)cc3)C[C@@]12C. The molecule has 1 spiro atoms. The van der Waals surface area contributed by atoms with Crippen LogP contribution in [0.25, 0.3) is 0 Å². The predicted molar refractivity (Wildman–Crippen MR) is 135 cm³/mol. The number of allylic oxidation sites excluding steroid dienone is 4. The predicted octanol–water partition coefficient (Wildman–Crippen LogP) is 5.83. The van der Waals surface area contributed by atoms with Crippen molar-refractivity contribution in [3.05, 3.63) is 64.8 Å². The highest BCUT2D eigenvalue weighted by atomic mass is 31.2. The molecule has 1 unspecified atom stereocenters. The first kappa shape index (κ1) is 22.7. The molecular weight excluding hydrogens is 443 g/mol. The van der Waals surface area contributed by atoms with Crippen LogP contribution in [0.15, 0.2) is 59.2 Å². The molecule has 6 atom stereocenters. The number of fused-ring (bicyclic) bond motifs is 5. The van der Waals surface area contributed by atoms with Gasteiger partial charge < -0.3 is 9.63 Å². The summed E-state index contributed by atoms with van der Waals surface area (Å²) in [7, 11) is -3.29. The summed E-state index contributed by atoms with van der Waals surface area (Å²) < 4.78 is 18.8. The van der Waals surface area contributed by atoms with Crippen molar-refractivity contribution in [2.45, 2.75) is 69.8 Å². The number of benzene rings is 1. The van der Waals surface area contributed by atoms with Gasteiger partial charge in [-0.05, 0) is 84.8 Å². The minimum atomic E-state index is -3.29. The van der Waals surface area contributed by atoms with E-state index in [1.807, 2.05) is 12.1 Å². The number of hydrogen-bond acceptors (Lipinski definition) is 3. The molecule has 4 aliphatic carbocycles. The van der Waals surface area contributed by atoms with E-state index in [9.17, 15) is 14.3 Å². The Morgan fingerprint density at radius 1 is 1.18 bits per heavy atom. The molecule has 1 aromatic rings. The van der Waals surface area contributed by atoms with Gasteiger partial charge in [0.25, 0.3) is 0 Å². The van der Waals surface area contributed by atoms with Crippen molar-refractivity contribution >= 4 is 18.5 Å². The van der Waals surface area contributed by atoms with E-state index in [0.29, 0.717) is 35.8 Å². The van der Waals surface area contributed by atoms with Gasteiger partial charge in [0.1, 0.15) is 5.78 Å². The Bertz CT molecular complexity index is 1180. The molecule has 0 aromatic heterocycles. The van der Waals surface area contributed by atoms with Crippen LogP contribution in [-0.2, 0) is 14.1 Å². The molecule has 6 rings (SSSR count). The molecular formula is C29H35O4P. The summed E-state index contributed by atoms with van der Waals surface area (Å²) in [6.07, 6.45) is 9.59. The van der Waals surface area contributed by atoms with Gasteiger partial charge in [0.2, 0.25) is 7.37 Å². The molecule has 34 heavy (non-hydrogen) atoms. The van der Waals surface area contributed by atoms with Gasteiger partial charge in [-0.3, -0.25) is 9.36 Å². The molecule has 1 aliphatic heterocycles. The van der Waals surface area contributed by atoms with Crippen molar-refractivity contribution in [3.63, 3.8) is 0 Å². The Kier molecular flexibility index (Phi) is 5.09. The van der Waals surface area contributed by atoms with E-state index in [-0.39, 0.29) is 16.9 Å². The third-order valence-electron chi connectivity index (χ3n) is 9.93. The summed E-state index contributed by atoms with van der Waals surface area (Å²) in [5.41, 5.74) is 6.50. The van der Waals surface area contributed by atoms with Gasteiger partial charge >= 0.3 is 0 Å². The van der Waals surface area contributed by atoms with Gasteiger partial charge in [-0.25, -0.2) is 0 Å². The maximum Gasteiger partial charge on any atom is 0.226 e. The van der Waals surface area contributed by atoms with Crippen LogP contribution in [0.5, 0.6) is 0 Å². The molecule has 1 N–H and O–H groups in total. The quantitative estimate of drug-likeness (QED) is 0.429. The Hall–Kier alpha value is -1.74. The second kappa shape index (κ2) is 7.63. The fourth-order valence-electron chi connectivity index (χ4n) is 8.34. The van der Waals surface area contributed by atoms with Gasteiger partial charge in [0.15, 0.2) is 0 Å². The topological polar surface area (TPSA) is 63.6 Å². The second-order valence-electron chi connectivity index (χ2n) is 11.5. The molecule has 1 saturated heterocycles. The number of ether oxygens (including phenoxy) is 1. The van der Waals surface area contributed by atoms with E-state index < -0.39 is 7.37 Å². The molecule has 4 nitrogen and oxygen atoms in total. The molecule has 5 aliphatic rings. The third kappa shape index (κ3) is 3.11. The highest BCUT2D eigenvalue weighted by Gasteiger charge is 2.65. The number of rotatable bonds is 2. The van der Waals surface area contributed by atoms with E-state index in [4.69, 9.17) is 4.74 Å². The third-order valence-corrected chi connectivity index (χ3v) is 11.2. The summed E-state index contributed by atoms with van der Waals surface area (Å²) >= 11 is 0. The first-order valence-corrected chi connectivity index (χ1v) is 14.9. The van der Waals surface area contributed by atoms with Crippen LogP contribution < -0.4 is 5.30 Å². The van der Waals surface area contributed by atoms with Crippen molar-refractivity contribution in [1.82, 2.24) is 0 Å². The summed E-state index contributed by atoms with van der Waals surface area (Å²) in [6.45, 7) is 9.11. The minimum absolute atomic E-state index is 0.00546. The van der Waals surface area contributed by atoms with Crippen LogP contribution in [0.2, 0.25) is 0 Å². The number of Topliss-reactive ketones (excluding diaryl/α,β-unsaturated/α-hetero) is 1. The average molecular weight is 479 g/mol. The van der Waals surface area contributed by atoms with Crippen molar-refractivity contribution in [1.29, 1.82) is 0 Å². The number of carbonyl (C=O) groups excluding carboxylic acids is 1. The Labute approximate surface area is 202 Å². The Morgan fingerprint density at radius 3 is 2.62 bits per heavy atom. The van der Waals surface area contributed by atoms with Crippen LogP contribution in [0, 0.1) is 17.3 Å². The fourth-order valence-corrected chi connectivity index (χ4v) is 9.04. The van der Waals surface area contributed by atoms with Crippen LogP contribution >= 0.6 is 7.37 Å². The van der Waals surface area contributed by atoms with E-state index in [2.05, 4.69) is 31.7 Å². The van der Waals surface area contributed by atoms with Gasteiger partial charge in [-0.2, -0.15) is 0 Å². The van der Waals surface area contributed by atoms with E-state index in [0.717, 1.165) is 45.1 Å². The second-order valence-corrected chi connectivity index (χ2v) is 13.8. The largest absolute Gasteiger partial charge is 0.370 e. The van der Waals surface area contributed by atoms with Gasteiger partial charge in [0.05, 0.1) is 12.2 Å². The van der Waals surface area contributed by atoms with Gasteiger partial charge in [-0.15, -0.1) is 0 Å². The lowest BCUT2D eigenvalue weighted by molar-refractivity contribution is -0.118. The number of hydrogen-bond donors (Lipinski definition) is 1. The lowest BCUT2D eigenvalue weighted by Crippen LogP contribution is -2.51. The first-order valence-electron chi connectivity index (χ1n) is 12.8. The molecule has 5 heteroatoms. The highest BCUT2D eigenvalue weighted by Crippen LogP contribution is 2.69. The van der Waals surface area contributed by atoms with Crippen LogP contribution in [0.1, 0.15) is 69.8 Å². The van der Waals surface area contributed by atoms with Crippen molar-refractivity contribution in [2.24, 2.45) is 17.3 Å². The van der Waals surface area contributed by atoms with Crippen molar-refractivity contribution < 1.29 is 19.0 Å². The Morgan fingerprint density at radius 2 is 1.94 bits per heavy atom. The Balaban J connectivity index is 1.50. The van der Waals surface area contributed by atoms with Crippen LogP contribution in [-0.4, -0.2) is 29.5 Å². The van der Waals surface area contributed by atoms with E-state index in [1.165, 1.54) is 28.9 Å². The maximum atomic E-state index is 12.3. The molecule has 0 bridgehead atoms. The lowest BCUT2D eigenvalue weighted by Gasteiger charge is -2.55. The van der Waals surface area contributed by atoms with E-state index in [1.54, 1.807) is 5.57 Å². The minimum Gasteiger partial charge on any atom is -0.370 e. The van der Waals surface area contributed by atoms with Crippen molar-refractivity contribution in [2.75, 3.05) is 13.3 Å². The average Bonchev–Trinajstić information content (AvgIpc) is 3.32.